The lowest BCUT2D eigenvalue weighted by atomic mass is 10.1. The minimum Gasteiger partial charge on any atom is -0.489 e. The first kappa shape index (κ1) is 27.1. The third-order valence-electron chi connectivity index (χ3n) is 6.38. The average Bonchev–Trinajstić information content (AvgIpc) is 2.96. The number of nitrogens with one attached hydrogen (secondary N) is 2. The molecule has 2 aliphatic heterocycles. The smallest absolute Gasteiger partial charge is 0.319 e. The lowest BCUT2D eigenvalue weighted by Gasteiger charge is -2.26. The van der Waals surface area contributed by atoms with Crippen LogP contribution in [0.3, 0.4) is 0 Å². The molecule has 2 aromatic carbocycles. The predicted molar refractivity (Wildman–Crippen MR) is 149 cm³/mol. The van der Waals surface area contributed by atoms with E-state index in [-0.39, 0.29) is 6.03 Å². The number of rotatable bonds is 10. The lowest BCUT2D eigenvalue weighted by molar-refractivity contribution is 0.0357. The molecule has 208 valence electrons. The van der Waals surface area contributed by atoms with E-state index >= 15 is 0 Å². The third-order valence-corrected chi connectivity index (χ3v) is 6.69. The van der Waals surface area contributed by atoms with Crippen molar-refractivity contribution in [2.24, 2.45) is 0 Å². The summed E-state index contributed by atoms with van der Waals surface area (Å²) in [5, 5.41) is 6.54. The fourth-order valence-corrected chi connectivity index (χ4v) is 4.67. The zero-order valence-electron chi connectivity index (χ0n) is 22.0. The van der Waals surface area contributed by atoms with Crippen molar-refractivity contribution in [3.05, 3.63) is 41.6 Å². The molecule has 1 aromatic heterocycles. The number of anilines is 1. The topological polar surface area (TPSA) is 103 Å². The van der Waals surface area contributed by atoms with Gasteiger partial charge in [0, 0.05) is 44.5 Å². The molecule has 2 amide bonds. The van der Waals surface area contributed by atoms with Crippen molar-refractivity contribution in [1.82, 2.24) is 15.2 Å². The molecule has 5 rings (SSSR count). The number of carbonyl (C=O) groups excluding carboxylic acids is 1. The number of benzene rings is 2. The summed E-state index contributed by atoms with van der Waals surface area (Å²) < 4.78 is 29.8. The van der Waals surface area contributed by atoms with Crippen molar-refractivity contribution in [3.63, 3.8) is 0 Å². The number of hydrogen-bond acceptors (Lipinski definition) is 8. The van der Waals surface area contributed by atoms with Gasteiger partial charge in [0.1, 0.15) is 24.7 Å². The van der Waals surface area contributed by atoms with Gasteiger partial charge in [-0.25, -0.2) is 4.79 Å². The summed E-state index contributed by atoms with van der Waals surface area (Å²) in [5.74, 6) is 2.73. The molecule has 2 N–H and O–H groups in total. The monoisotopic (exact) mass is 556 g/mol. The van der Waals surface area contributed by atoms with Gasteiger partial charge in [0.25, 0.3) is 0 Å². The van der Waals surface area contributed by atoms with Crippen LogP contribution in [0.25, 0.3) is 10.9 Å². The van der Waals surface area contributed by atoms with Gasteiger partial charge in [-0.2, -0.15) is 0 Å². The Morgan fingerprint density at radius 2 is 1.90 bits per heavy atom. The van der Waals surface area contributed by atoms with E-state index in [2.05, 4.69) is 20.5 Å². The molecule has 1 fully saturated rings. The Morgan fingerprint density at radius 1 is 1.08 bits per heavy atom. The maximum atomic E-state index is 12.0. The zero-order chi connectivity index (χ0) is 27.0. The first-order valence-electron chi connectivity index (χ1n) is 13.3. The quantitative estimate of drug-likeness (QED) is 0.333. The molecule has 10 nitrogen and oxygen atoms in total. The molecular weight excluding hydrogens is 524 g/mol. The summed E-state index contributed by atoms with van der Waals surface area (Å²) in [5.41, 5.74) is 1.15. The van der Waals surface area contributed by atoms with Gasteiger partial charge < -0.3 is 34.3 Å². The first-order valence-corrected chi connectivity index (χ1v) is 13.7. The SMILES string of the molecule is CCCNC(=O)Nc1ccc(Oc2ccnc3cc(OCCCN4CCOCC4)c4c(c23)OCCO4)cc1Cl. The zero-order valence-corrected chi connectivity index (χ0v) is 22.7. The number of nitrogens with zero attached hydrogens (tertiary/aromatic N) is 2. The Kier molecular flexibility index (Phi) is 9.08. The van der Waals surface area contributed by atoms with Crippen molar-refractivity contribution >= 4 is 34.2 Å². The largest absolute Gasteiger partial charge is 0.489 e. The molecule has 2 aliphatic rings. The van der Waals surface area contributed by atoms with E-state index in [1.165, 1.54) is 0 Å². The van der Waals surface area contributed by atoms with Crippen LogP contribution < -0.4 is 29.6 Å². The van der Waals surface area contributed by atoms with Crippen molar-refractivity contribution in [3.8, 4) is 28.7 Å². The number of aromatic nitrogens is 1. The van der Waals surface area contributed by atoms with E-state index in [0.29, 0.717) is 76.7 Å². The van der Waals surface area contributed by atoms with Crippen LogP contribution in [0.1, 0.15) is 19.8 Å². The van der Waals surface area contributed by atoms with Crippen molar-refractivity contribution in [2.75, 3.05) is 64.5 Å². The van der Waals surface area contributed by atoms with Gasteiger partial charge in [-0.15, -0.1) is 0 Å². The normalized spacial score (nSPS) is 15.1. The van der Waals surface area contributed by atoms with Crippen molar-refractivity contribution in [2.45, 2.75) is 19.8 Å². The van der Waals surface area contributed by atoms with E-state index in [1.807, 2.05) is 13.0 Å². The summed E-state index contributed by atoms with van der Waals surface area (Å²) in [6, 6.07) is 8.41. The van der Waals surface area contributed by atoms with Crippen LogP contribution in [0.5, 0.6) is 28.7 Å². The molecule has 39 heavy (non-hydrogen) atoms. The molecule has 0 bridgehead atoms. The fraction of sp³-hybridized carbons (Fsp3) is 0.429. The van der Waals surface area contributed by atoms with Crippen molar-refractivity contribution in [1.29, 1.82) is 0 Å². The number of morpholine rings is 1. The van der Waals surface area contributed by atoms with E-state index in [1.54, 1.807) is 30.5 Å². The molecule has 0 unspecified atom stereocenters. The maximum absolute atomic E-state index is 12.0. The van der Waals surface area contributed by atoms with Gasteiger partial charge in [0.05, 0.1) is 41.4 Å². The number of ether oxygens (including phenoxy) is 5. The molecule has 0 aliphatic carbocycles. The lowest BCUT2D eigenvalue weighted by Crippen LogP contribution is -2.37. The van der Waals surface area contributed by atoms with Gasteiger partial charge in [0.15, 0.2) is 11.5 Å². The van der Waals surface area contributed by atoms with E-state index in [0.717, 1.165) is 45.7 Å². The Labute approximate surface area is 232 Å². The van der Waals surface area contributed by atoms with Gasteiger partial charge in [-0.05, 0) is 31.0 Å². The Balaban J connectivity index is 1.33. The summed E-state index contributed by atoms with van der Waals surface area (Å²) in [7, 11) is 0. The van der Waals surface area contributed by atoms with Crippen LogP contribution in [-0.2, 0) is 4.74 Å². The molecule has 0 saturated carbocycles. The molecule has 3 heterocycles. The molecule has 0 atom stereocenters. The van der Waals surface area contributed by atoms with Gasteiger partial charge >= 0.3 is 6.03 Å². The van der Waals surface area contributed by atoms with E-state index < -0.39 is 0 Å². The fourth-order valence-electron chi connectivity index (χ4n) is 4.45. The van der Waals surface area contributed by atoms with E-state index in [4.69, 9.17) is 35.3 Å². The molecule has 11 heteroatoms. The van der Waals surface area contributed by atoms with Crippen molar-refractivity contribution < 1.29 is 28.5 Å². The average molecular weight is 557 g/mol. The minimum absolute atomic E-state index is 0.310. The summed E-state index contributed by atoms with van der Waals surface area (Å²) in [6.45, 7) is 8.36. The number of urea groups is 1. The highest BCUT2D eigenvalue weighted by atomic mass is 35.5. The van der Waals surface area contributed by atoms with Crippen LogP contribution in [0.15, 0.2) is 36.5 Å². The Bertz CT molecular complexity index is 1300. The summed E-state index contributed by atoms with van der Waals surface area (Å²) in [6.07, 6.45) is 3.40. The first-order chi connectivity index (χ1) is 19.1. The second kappa shape index (κ2) is 13.1. The van der Waals surface area contributed by atoms with E-state index in [9.17, 15) is 4.79 Å². The highest BCUT2D eigenvalue weighted by Crippen LogP contribution is 2.48. The molecule has 0 radical (unpaired) electrons. The molecule has 0 spiro atoms. The molecular formula is C28H33ClN4O6. The highest BCUT2D eigenvalue weighted by Gasteiger charge is 2.25. The third kappa shape index (κ3) is 6.76. The van der Waals surface area contributed by atoms with Gasteiger partial charge in [-0.1, -0.05) is 18.5 Å². The predicted octanol–water partition coefficient (Wildman–Crippen LogP) is 5.08. The van der Waals surface area contributed by atoms with Crippen LogP contribution >= 0.6 is 11.6 Å². The number of fused-ring (bicyclic) bond motifs is 3. The minimum atomic E-state index is -0.310. The maximum Gasteiger partial charge on any atom is 0.319 e. The number of hydrogen-bond donors (Lipinski definition) is 2. The second-order valence-corrected chi connectivity index (χ2v) is 9.62. The number of carbonyl (C=O) groups is 1. The van der Waals surface area contributed by atoms with Crippen LogP contribution in [0.2, 0.25) is 5.02 Å². The number of pyridine rings is 1. The van der Waals surface area contributed by atoms with Crippen LogP contribution in [0, 0.1) is 0 Å². The standard InChI is InChI=1S/C28H33ClN4O6/c1-2-7-31-28(34)32-21-5-4-19(17-20(21)29)39-23-6-8-30-22-18-24(26-27(25(22)23)38-16-15-37-26)36-12-3-9-33-10-13-35-14-11-33/h4-6,8,17-18H,2-3,7,9-16H2,1H3,(H2,31,32,34). The number of amides is 2. The van der Waals surface area contributed by atoms with Gasteiger partial charge in [0.2, 0.25) is 5.75 Å². The number of halogens is 1. The highest BCUT2D eigenvalue weighted by molar-refractivity contribution is 6.33. The second-order valence-electron chi connectivity index (χ2n) is 9.21. The van der Waals surface area contributed by atoms with Gasteiger partial charge in [-0.3, -0.25) is 9.88 Å². The molecule has 3 aromatic rings. The summed E-state index contributed by atoms with van der Waals surface area (Å²) >= 11 is 6.43. The summed E-state index contributed by atoms with van der Waals surface area (Å²) in [4.78, 5) is 18.9. The Morgan fingerprint density at radius 3 is 2.69 bits per heavy atom. The van der Waals surface area contributed by atoms with Crippen LogP contribution in [-0.4, -0.2) is 75.1 Å². The molecule has 1 saturated heterocycles. The van der Waals surface area contributed by atoms with Crippen LogP contribution in [0.4, 0.5) is 10.5 Å². The Hall–Kier alpha value is -3.47.